The minimum absolute atomic E-state index is 0.0138. The lowest BCUT2D eigenvalue weighted by Gasteiger charge is -2.50. The van der Waals surface area contributed by atoms with E-state index in [1.807, 2.05) is 0 Å². The smallest absolute Gasteiger partial charge is 0.253 e. The molecule has 2 atom stereocenters. The SMILES string of the molecule is CC(C)(C)c1ccc(N2c3cc(-c4ccccc4)cc4c3B3c5cc6c(cc5N4c4ccc(C(C)(C)C)cc4-c4ccccc4)C(C)(C)CCC6(C)CC4(C)CCC(C)(C)c5sc2c3c54)cc1. The molecule has 12 rings (SSSR count). The molecule has 67 heavy (non-hydrogen) atoms. The molecule has 4 heteroatoms. The van der Waals surface area contributed by atoms with E-state index in [0.717, 1.165) is 0 Å². The molecule has 2 aliphatic carbocycles. The Bertz CT molecular complexity index is 3160. The fourth-order valence-corrected chi connectivity index (χ4v) is 15.0. The van der Waals surface area contributed by atoms with Crippen molar-refractivity contribution in [2.75, 3.05) is 9.80 Å². The summed E-state index contributed by atoms with van der Waals surface area (Å²) in [6.45, 7) is 29.6. The van der Waals surface area contributed by atoms with Gasteiger partial charge in [0.05, 0.1) is 10.7 Å². The Morgan fingerprint density at radius 3 is 1.75 bits per heavy atom. The number of thiophene rings is 1. The first kappa shape index (κ1) is 43.0. The molecule has 2 nitrogen and oxygen atoms in total. The lowest BCUT2D eigenvalue weighted by molar-refractivity contribution is 0.211. The molecule has 0 N–H and O–H groups in total. The maximum Gasteiger partial charge on any atom is 0.253 e. The Kier molecular flexibility index (Phi) is 9.07. The number of anilines is 6. The summed E-state index contributed by atoms with van der Waals surface area (Å²) in [7, 11) is 0. The highest BCUT2D eigenvalue weighted by Gasteiger charge is 2.56. The van der Waals surface area contributed by atoms with Gasteiger partial charge < -0.3 is 9.80 Å². The molecule has 7 aromatic rings. The first-order valence-corrected chi connectivity index (χ1v) is 26.0. The zero-order valence-electron chi connectivity index (χ0n) is 42.0. The van der Waals surface area contributed by atoms with Gasteiger partial charge in [-0.1, -0.05) is 168 Å². The maximum atomic E-state index is 2.78. The van der Waals surface area contributed by atoms with Gasteiger partial charge in [-0.15, -0.1) is 11.3 Å². The van der Waals surface area contributed by atoms with Crippen LogP contribution in [-0.2, 0) is 32.5 Å². The summed E-state index contributed by atoms with van der Waals surface area (Å²) in [4.78, 5) is 7.07. The van der Waals surface area contributed by atoms with E-state index in [4.69, 9.17) is 0 Å². The molecule has 6 aromatic carbocycles. The second-order valence-corrected chi connectivity index (χ2v) is 26.1. The molecular formula is C63H67BN2S. The normalized spacial score (nSPS) is 21.7. The fraction of sp³-hybridized carbons (Fsp3) is 0.365. The van der Waals surface area contributed by atoms with Gasteiger partial charge in [0.25, 0.3) is 6.71 Å². The van der Waals surface area contributed by atoms with Gasteiger partial charge in [-0.05, 0) is 168 Å². The molecule has 3 aliphatic heterocycles. The van der Waals surface area contributed by atoms with Crippen molar-refractivity contribution in [2.24, 2.45) is 0 Å². The first-order chi connectivity index (χ1) is 31.7. The Balaban J connectivity index is 1.27. The zero-order chi connectivity index (χ0) is 46.8. The second-order valence-electron chi connectivity index (χ2n) is 25.1. The minimum Gasteiger partial charge on any atom is -0.311 e. The molecular weight excluding hydrogens is 828 g/mol. The largest absolute Gasteiger partial charge is 0.311 e. The van der Waals surface area contributed by atoms with Gasteiger partial charge in [0.2, 0.25) is 0 Å². The first-order valence-electron chi connectivity index (χ1n) is 25.2. The Labute approximate surface area is 405 Å². The van der Waals surface area contributed by atoms with Crippen molar-refractivity contribution in [2.45, 2.75) is 148 Å². The number of nitrogens with zero attached hydrogens (tertiary/aromatic N) is 2. The van der Waals surface area contributed by atoms with Crippen molar-refractivity contribution >= 4 is 67.9 Å². The average molecular weight is 895 g/mol. The number of rotatable bonds is 4. The van der Waals surface area contributed by atoms with E-state index in [-0.39, 0.29) is 39.2 Å². The second kappa shape index (κ2) is 14.1. The highest BCUT2D eigenvalue weighted by Crippen LogP contribution is 2.61. The molecule has 0 amide bonds. The van der Waals surface area contributed by atoms with Gasteiger partial charge in [0, 0.05) is 33.2 Å². The summed E-state index contributed by atoms with van der Waals surface area (Å²) in [5.74, 6) is 0. The summed E-state index contributed by atoms with van der Waals surface area (Å²) in [5, 5.41) is 1.42. The van der Waals surface area contributed by atoms with Gasteiger partial charge >= 0.3 is 0 Å². The molecule has 338 valence electrons. The predicted octanol–water partition coefficient (Wildman–Crippen LogP) is 15.8. The third-order valence-corrected chi connectivity index (χ3v) is 18.9. The number of hydrogen-bond acceptors (Lipinski definition) is 3. The van der Waals surface area contributed by atoms with Gasteiger partial charge in [-0.25, -0.2) is 0 Å². The zero-order valence-corrected chi connectivity index (χ0v) is 42.9. The van der Waals surface area contributed by atoms with Gasteiger partial charge in [-0.2, -0.15) is 0 Å². The Hall–Kier alpha value is -5.32. The monoisotopic (exact) mass is 895 g/mol. The van der Waals surface area contributed by atoms with Gasteiger partial charge in [0.15, 0.2) is 0 Å². The quantitative estimate of drug-likeness (QED) is 0.162. The third-order valence-electron chi connectivity index (χ3n) is 17.3. The highest BCUT2D eigenvalue weighted by molar-refractivity contribution is 7.20. The molecule has 0 saturated carbocycles. The van der Waals surface area contributed by atoms with Crippen molar-refractivity contribution < 1.29 is 0 Å². The lowest BCUT2D eigenvalue weighted by Crippen LogP contribution is -2.62. The van der Waals surface area contributed by atoms with Crippen molar-refractivity contribution in [3.05, 3.63) is 160 Å². The third kappa shape index (κ3) is 6.33. The van der Waals surface area contributed by atoms with Crippen LogP contribution in [0.2, 0.25) is 0 Å². The van der Waals surface area contributed by atoms with E-state index in [1.54, 1.807) is 27.0 Å². The molecule has 0 saturated heterocycles. The molecule has 1 aromatic heterocycles. The van der Waals surface area contributed by atoms with Crippen molar-refractivity contribution in [1.82, 2.24) is 0 Å². The van der Waals surface area contributed by atoms with Crippen molar-refractivity contribution in [3.63, 3.8) is 0 Å². The van der Waals surface area contributed by atoms with Crippen LogP contribution in [0.1, 0.15) is 148 Å². The van der Waals surface area contributed by atoms with Crippen molar-refractivity contribution in [1.29, 1.82) is 0 Å². The molecule has 4 heterocycles. The van der Waals surface area contributed by atoms with Crippen LogP contribution in [0.15, 0.2) is 127 Å². The Morgan fingerprint density at radius 2 is 1.09 bits per heavy atom. The standard InChI is InChI=1S/C63H67BN2S/c1-58(2,3)42-23-26-44(27-24-42)65-51-33-41(39-19-15-13-16-20-39)34-52-54(51)64-48-36-47-46(37-50(48)66(52)49-28-25-43(59(4,5)6)35-45(49)40-21-17-14-18-22-40)60(7,8)29-31-62(47,11)38-63(12)32-30-61(9,10)56-53(63)55(64)57(65)67-56/h13-28,33-37H,29-32,38H2,1-12H3. The van der Waals surface area contributed by atoms with Crippen LogP contribution in [0.5, 0.6) is 0 Å². The summed E-state index contributed by atoms with van der Waals surface area (Å²) in [5.41, 5.74) is 23.7. The van der Waals surface area contributed by atoms with Crippen LogP contribution in [0.4, 0.5) is 33.4 Å². The van der Waals surface area contributed by atoms with E-state index >= 15 is 0 Å². The van der Waals surface area contributed by atoms with Crippen LogP contribution in [-0.4, -0.2) is 6.71 Å². The van der Waals surface area contributed by atoms with E-state index in [9.17, 15) is 0 Å². The highest BCUT2D eigenvalue weighted by atomic mass is 32.1. The molecule has 0 spiro atoms. The average Bonchev–Trinajstić information content (AvgIpc) is 3.72. The molecule has 5 aliphatic rings. The lowest BCUT2D eigenvalue weighted by atomic mass is 9.32. The van der Waals surface area contributed by atoms with E-state index in [1.165, 1.54) is 110 Å². The summed E-state index contributed by atoms with van der Waals surface area (Å²) in [6, 6.07) is 50.0. The summed E-state index contributed by atoms with van der Waals surface area (Å²) in [6.07, 6.45) is 5.97. The van der Waals surface area contributed by atoms with E-state index < -0.39 is 0 Å². The van der Waals surface area contributed by atoms with Gasteiger partial charge in [-0.3, -0.25) is 0 Å². The Morgan fingerprint density at radius 1 is 0.493 bits per heavy atom. The van der Waals surface area contributed by atoms with Crippen LogP contribution in [0.3, 0.4) is 0 Å². The minimum atomic E-state index is -0.0138. The maximum absolute atomic E-state index is 2.78. The number of benzene rings is 6. The van der Waals surface area contributed by atoms with Crippen LogP contribution in [0.25, 0.3) is 22.3 Å². The summed E-state index contributed by atoms with van der Waals surface area (Å²) >= 11 is 2.12. The van der Waals surface area contributed by atoms with Crippen molar-refractivity contribution in [3.8, 4) is 22.3 Å². The van der Waals surface area contributed by atoms with Crippen LogP contribution < -0.4 is 26.2 Å². The van der Waals surface area contributed by atoms with Gasteiger partial charge in [0.1, 0.15) is 0 Å². The van der Waals surface area contributed by atoms with E-state index in [2.05, 4.69) is 232 Å². The topological polar surface area (TPSA) is 6.48 Å². The number of hydrogen-bond donors (Lipinski definition) is 0. The van der Waals surface area contributed by atoms with Crippen LogP contribution in [0, 0.1) is 0 Å². The summed E-state index contributed by atoms with van der Waals surface area (Å²) < 4.78 is 0. The molecule has 2 bridgehead atoms. The molecule has 0 radical (unpaired) electrons. The predicted molar refractivity (Wildman–Crippen MR) is 290 cm³/mol. The molecule has 0 fully saturated rings. The van der Waals surface area contributed by atoms with Crippen LogP contribution >= 0.6 is 11.3 Å². The van der Waals surface area contributed by atoms with E-state index in [0.29, 0.717) is 0 Å². The molecule has 2 unspecified atom stereocenters. The fourth-order valence-electron chi connectivity index (χ4n) is 13.4.